The Morgan fingerprint density at radius 2 is 1.83 bits per heavy atom. The monoisotopic (exact) mass is 339 g/mol. The Morgan fingerprint density at radius 1 is 1.08 bits per heavy atom. The van der Waals surface area contributed by atoms with Gasteiger partial charge < -0.3 is 10.1 Å². The zero-order valence-electron chi connectivity index (χ0n) is 13.0. The van der Waals surface area contributed by atoms with Crippen molar-refractivity contribution >= 4 is 34.3 Å². The first-order valence-electron chi connectivity index (χ1n) is 7.60. The summed E-state index contributed by atoms with van der Waals surface area (Å²) in [6, 6.07) is 17.5. The van der Waals surface area contributed by atoms with Crippen molar-refractivity contribution in [3.05, 3.63) is 60.2 Å². The van der Waals surface area contributed by atoms with Gasteiger partial charge in [0.2, 0.25) is 5.88 Å². The van der Waals surface area contributed by atoms with Gasteiger partial charge in [0.25, 0.3) is 5.91 Å². The molecule has 0 radical (unpaired) electrons. The fourth-order valence-corrected chi connectivity index (χ4v) is 3.10. The molecule has 24 heavy (non-hydrogen) atoms. The lowest BCUT2D eigenvalue weighted by atomic mass is 10.2. The number of H-pyrrole nitrogens is 1. The van der Waals surface area contributed by atoms with E-state index < -0.39 is 0 Å². The number of rotatable bonds is 6. The molecular weight excluding hydrogens is 322 g/mol. The second-order valence-electron chi connectivity index (χ2n) is 5.25. The number of fused-ring (bicyclic) bond motifs is 1. The van der Waals surface area contributed by atoms with Crippen LogP contribution in [0.25, 0.3) is 10.9 Å². The molecule has 2 aromatic carbocycles. The van der Waals surface area contributed by atoms with Crippen molar-refractivity contribution in [1.29, 1.82) is 0 Å². The number of aryl methyl sites for hydroxylation is 1. The third-order valence-corrected chi connectivity index (χ3v) is 4.47. The van der Waals surface area contributed by atoms with Gasteiger partial charge in [-0.05, 0) is 23.8 Å². The minimum Gasteiger partial charge on any atom is -0.493 e. The van der Waals surface area contributed by atoms with Gasteiger partial charge in [-0.15, -0.1) is 10.2 Å². The maximum atomic E-state index is 11.8. The van der Waals surface area contributed by atoms with E-state index in [0.29, 0.717) is 5.69 Å². The minimum absolute atomic E-state index is 0.0792. The van der Waals surface area contributed by atoms with E-state index >= 15 is 0 Å². The number of amides is 1. The van der Waals surface area contributed by atoms with Gasteiger partial charge in [-0.2, -0.15) is 11.8 Å². The van der Waals surface area contributed by atoms with Crippen LogP contribution in [0.15, 0.2) is 64.8 Å². The Kier molecular flexibility index (Phi) is 5.28. The molecule has 0 unspecified atom stereocenters. The van der Waals surface area contributed by atoms with Crippen molar-refractivity contribution in [1.82, 2.24) is 4.98 Å². The minimum atomic E-state index is -0.308. The number of aromatic amines is 1. The second kappa shape index (κ2) is 7.79. The lowest BCUT2D eigenvalue weighted by Gasteiger charge is -1.99. The van der Waals surface area contributed by atoms with Crippen molar-refractivity contribution < 1.29 is 9.90 Å². The fourth-order valence-electron chi connectivity index (χ4n) is 2.34. The van der Waals surface area contributed by atoms with Crippen LogP contribution in [0.2, 0.25) is 0 Å². The van der Waals surface area contributed by atoms with Crippen LogP contribution < -0.4 is 0 Å². The fraction of sp³-hybridized carbons (Fsp3) is 0.167. The summed E-state index contributed by atoms with van der Waals surface area (Å²) in [6.07, 6.45) is 0.916. The van der Waals surface area contributed by atoms with Crippen molar-refractivity contribution in [2.24, 2.45) is 10.2 Å². The molecule has 0 saturated carbocycles. The summed E-state index contributed by atoms with van der Waals surface area (Å²) in [5.74, 6) is 0.741. The normalized spacial score (nSPS) is 11.3. The Morgan fingerprint density at radius 3 is 2.67 bits per heavy atom. The first-order chi connectivity index (χ1) is 11.7. The molecule has 0 fully saturated rings. The molecule has 1 heterocycles. The van der Waals surface area contributed by atoms with Crippen molar-refractivity contribution in [3.8, 4) is 5.88 Å². The molecule has 0 atom stereocenters. The van der Waals surface area contributed by atoms with Crippen molar-refractivity contribution in [2.75, 3.05) is 11.5 Å². The van der Waals surface area contributed by atoms with E-state index in [0.717, 1.165) is 23.1 Å². The molecule has 122 valence electrons. The first kappa shape index (κ1) is 16.3. The number of nitrogens with zero attached hydrogens (tertiary/aromatic N) is 2. The highest BCUT2D eigenvalue weighted by atomic mass is 32.2. The van der Waals surface area contributed by atoms with Crippen LogP contribution >= 0.6 is 11.8 Å². The van der Waals surface area contributed by atoms with Gasteiger partial charge in [0.15, 0.2) is 5.69 Å². The van der Waals surface area contributed by atoms with Crippen LogP contribution in [0.1, 0.15) is 5.56 Å². The number of hydrogen-bond acceptors (Lipinski definition) is 4. The van der Waals surface area contributed by atoms with E-state index in [4.69, 9.17) is 0 Å². The number of carbonyl (C=O) groups is 1. The Bertz CT molecular complexity index is 859. The summed E-state index contributed by atoms with van der Waals surface area (Å²) >= 11 is 1.53. The van der Waals surface area contributed by atoms with E-state index in [1.165, 1.54) is 17.3 Å². The highest BCUT2D eigenvalue weighted by Gasteiger charge is 2.10. The van der Waals surface area contributed by atoms with Crippen LogP contribution in [0.5, 0.6) is 5.88 Å². The molecule has 2 N–H and O–H groups in total. The Balaban J connectivity index is 1.52. The maximum absolute atomic E-state index is 11.8. The topological polar surface area (TPSA) is 77.8 Å². The predicted molar refractivity (Wildman–Crippen MR) is 97.0 cm³/mol. The van der Waals surface area contributed by atoms with Gasteiger partial charge in [-0.25, -0.2) is 0 Å². The van der Waals surface area contributed by atoms with Crippen LogP contribution in [-0.4, -0.2) is 27.5 Å². The summed E-state index contributed by atoms with van der Waals surface area (Å²) in [5.41, 5.74) is 2.31. The van der Waals surface area contributed by atoms with Crippen LogP contribution in [-0.2, 0) is 11.2 Å². The maximum Gasteiger partial charge on any atom is 0.274 e. The quantitative estimate of drug-likeness (QED) is 0.514. The van der Waals surface area contributed by atoms with E-state index in [-0.39, 0.29) is 17.5 Å². The summed E-state index contributed by atoms with van der Waals surface area (Å²) in [5, 5.41) is 18.2. The molecule has 0 aliphatic rings. The molecule has 0 saturated heterocycles. The second-order valence-corrected chi connectivity index (χ2v) is 6.35. The SMILES string of the molecule is O=C(CSCCc1ccccc1)N=Nc1c(O)[nH]c2ccccc12. The zero-order valence-corrected chi connectivity index (χ0v) is 13.8. The highest BCUT2D eigenvalue weighted by Crippen LogP contribution is 2.35. The standard InChI is InChI=1S/C18H17N3O2S/c22-16(12-24-11-10-13-6-2-1-3-7-13)20-21-17-14-8-4-5-9-15(14)19-18(17)23/h1-9,19,23H,10-12H2. The number of aromatic hydroxyl groups is 1. The van der Waals surface area contributed by atoms with E-state index in [1.54, 1.807) is 0 Å². The molecule has 5 nitrogen and oxygen atoms in total. The molecular formula is C18H17N3O2S. The third kappa shape index (κ3) is 4.02. The number of azo groups is 1. The molecule has 6 heteroatoms. The van der Waals surface area contributed by atoms with E-state index in [9.17, 15) is 9.90 Å². The highest BCUT2D eigenvalue weighted by molar-refractivity contribution is 7.99. The largest absolute Gasteiger partial charge is 0.493 e. The number of para-hydroxylation sites is 1. The molecule has 3 aromatic rings. The van der Waals surface area contributed by atoms with E-state index in [1.807, 2.05) is 42.5 Å². The molecule has 0 spiro atoms. The number of carbonyl (C=O) groups excluding carboxylic acids is 1. The van der Waals surface area contributed by atoms with Crippen molar-refractivity contribution in [3.63, 3.8) is 0 Å². The lowest BCUT2D eigenvalue weighted by molar-refractivity contribution is -0.115. The molecule has 0 aliphatic heterocycles. The Labute approximate surface area is 143 Å². The molecule has 0 aliphatic carbocycles. The van der Waals surface area contributed by atoms with Gasteiger partial charge in [0.1, 0.15) is 0 Å². The van der Waals surface area contributed by atoms with Gasteiger partial charge in [-0.3, -0.25) is 4.79 Å². The number of benzene rings is 2. The van der Waals surface area contributed by atoms with Gasteiger partial charge in [0.05, 0.1) is 11.3 Å². The average molecular weight is 339 g/mol. The molecule has 1 amide bonds. The van der Waals surface area contributed by atoms with Crippen LogP contribution in [0.4, 0.5) is 5.69 Å². The van der Waals surface area contributed by atoms with Gasteiger partial charge in [-0.1, -0.05) is 48.5 Å². The number of nitrogens with one attached hydrogen (secondary N) is 1. The molecule has 0 bridgehead atoms. The summed E-state index contributed by atoms with van der Waals surface area (Å²) in [6.45, 7) is 0. The summed E-state index contributed by atoms with van der Waals surface area (Å²) in [4.78, 5) is 14.6. The summed E-state index contributed by atoms with van der Waals surface area (Å²) in [7, 11) is 0. The zero-order chi connectivity index (χ0) is 16.8. The van der Waals surface area contributed by atoms with E-state index in [2.05, 4.69) is 27.3 Å². The smallest absolute Gasteiger partial charge is 0.274 e. The number of thioether (sulfide) groups is 1. The Hall–Kier alpha value is -2.60. The summed E-state index contributed by atoms with van der Waals surface area (Å²) < 4.78 is 0. The lowest BCUT2D eigenvalue weighted by Crippen LogP contribution is -1.98. The first-order valence-corrected chi connectivity index (χ1v) is 8.75. The number of aromatic nitrogens is 1. The molecule has 3 rings (SSSR count). The third-order valence-electron chi connectivity index (χ3n) is 3.52. The predicted octanol–water partition coefficient (Wildman–Crippen LogP) is 4.46. The van der Waals surface area contributed by atoms with Crippen molar-refractivity contribution in [2.45, 2.75) is 6.42 Å². The van der Waals surface area contributed by atoms with Gasteiger partial charge >= 0.3 is 0 Å². The average Bonchev–Trinajstić information content (AvgIpc) is 2.93. The number of hydrogen-bond donors (Lipinski definition) is 2. The van der Waals surface area contributed by atoms with Crippen LogP contribution in [0, 0.1) is 0 Å². The van der Waals surface area contributed by atoms with Crippen LogP contribution in [0.3, 0.4) is 0 Å². The van der Waals surface area contributed by atoms with Gasteiger partial charge in [0, 0.05) is 5.39 Å². The molecule has 1 aromatic heterocycles.